The molecule has 1 saturated carbocycles. The zero-order valence-electron chi connectivity index (χ0n) is 18.0. The highest BCUT2D eigenvalue weighted by atomic mass is 16.5. The number of carbonyl (C=O) groups is 1. The topological polar surface area (TPSA) is 55.6 Å². The van der Waals surface area contributed by atoms with E-state index in [0.717, 1.165) is 57.9 Å². The monoisotopic (exact) mass is 411 g/mol. The van der Waals surface area contributed by atoms with Gasteiger partial charge in [-0.15, -0.1) is 0 Å². The molecule has 0 radical (unpaired) electrons. The quantitative estimate of drug-likeness (QED) is 0.485. The van der Waals surface area contributed by atoms with Crippen LogP contribution in [0.4, 0.5) is 5.69 Å². The fourth-order valence-corrected chi connectivity index (χ4v) is 4.23. The van der Waals surface area contributed by atoms with Gasteiger partial charge in [0.15, 0.2) is 0 Å². The number of imidazole rings is 1. The van der Waals surface area contributed by atoms with Crippen LogP contribution in [0.1, 0.15) is 29.5 Å². The van der Waals surface area contributed by atoms with Gasteiger partial charge in [0, 0.05) is 29.2 Å². The molecule has 5 heteroatoms. The summed E-state index contributed by atoms with van der Waals surface area (Å²) in [6.45, 7) is 4.07. The van der Waals surface area contributed by atoms with Gasteiger partial charge >= 0.3 is 0 Å². The van der Waals surface area contributed by atoms with Crippen LogP contribution in [-0.4, -0.2) is 22.4 Å². The summed E-state index contributed by atoms with van der Waals surface area (Å²) in [5, 5.41) is 3.19. The summed E-state index contributed by atoms with van der Waals surface area (Å²) in [6, 6.07) is 18.0. The minimum Gasteiger partial charge on any atom is -0.496 e. The van der Waals surface area contributed by atoms with Gasteiger partial charge in [0.25, 0.3) is 0 Å². The van der Waals surface area contributed by atoms with Gasteiger partial charge in [-0.1, -0.05) is 36.4 Å². The number of ether oxygens (including phenoxy) is 1. The molecule has 31 heavy (non-hydrogen) atoms. The van der Waals surface area contributed by atoms with Crippen LogP contribution >= 0.6 is 0 Å². The van der Waals surface area contributed by atoms with Crippen LogP contribution in [-0.2, 0) is 10.2 Å². The smallest absolute Gasteiger partial charge is 0.235 e. The molecule has 5 rings (SSSR count). The number of nitrogens with zero attached hydrogens (tertiary/aromatic N) is 2. The molecule has 1 aliphatic carbocycles. The van der Waals surface area contributed by atoms with Crippen molar-refractivity contribution in [3.05, 3.63) is 83.7 Å². The van der Waals surface area contributed by atoms with Gasteiger partial charge in [0.05, 0.1) is 18.2 Å². The molecule has 5 nitrogen and oxygen atoms in total. The maximum absolute atomic E-state index is 13.4. The Hall–Kier alpha value is -3.60. The van der Waals surface area contributed by atoms with E-state index in [1.165, 1.54) is 0 Å². The van der Waals surface area contributed by atoms with E-state index in [9.17, 15) is 4.79 Å². The second kappa shape index (κ2) is 7.27. The minimum absolute atomic E-state index is 0.0168. The number of hydrogen-bond donors (Lipinski definition) is 1. The first kappa shape index (κ1) is 19.4. The lowest BCUT2D eigenvalue weighted by atomic mass is 9.93. The number of anilines is 1. The largest absolute Gasteiger partial charge is 0.496 e. The number of hydrogen-bond acceptors (Lipinski definition) is 3. The third-order valence-corrected chi connectivity index (χ3v) is 6.27. The highest BCUT2D eigenvalue weighted by Gasteiger charge is 2.52. The number of amides is 1. The first-order valence-corrected chi connectivity index (χ1v) is 10.5. The summed E-state index contributed by atoms with van der Waals surface area (Å²) in [5.74, 6) is 0.781. The first-order valence-electron chi connectivity index (χ1n) is 10.5. The normalized spacial score (nSPS) is 14.4. The van der Waals surface area contributed by atoms with Crippen molar-refractivity contribution >= 4 is 17.2 Å². The molecule has 1 amide bonds. The molecule has 0 bridgehead atoms. The van der Waals surface area contributed by atoms with E-state index in [0.29, 0.717) is 0 Å². The van der Waals surface area contributed by atoms with Crippen molar-refractivity contribution in [3.8, 4) is 17.0 Å². The molecule has 4 aromatic rings. The Labute approximate surface area is 181 Å². The number of pyridine rings is 1. The van der Waals surface area contributed by atoms with Crippen molar-refractivity contribution in [3.63, 3.8) is 0 Å². The van der Waals surface area contributed by atoms with E-state index >= 15 is 0 Å². The number of benzene rings is 2. The summed E-state index contributed by atoms with van der Waals surface area (Å²) in [7, 11) is 1.65. The summed E-state index contributed by atoms with van der Waals surface area (Å²) < 4.78 is 7.55. The summed E-state index contributed by atoms with van der Waals surface area (Å²) in [4.78, 5) is 18.2. The van der Waals surface area contributed by atoms with Crippen molar-refractivity contribution in [1.29, 1.82) is 0 Å². The van der Waals surface area contributed by atoms with E-state index in [4.69, 9.17) is 9.72 Å². The molecule has 0 saturated heterocycles. The second-order valence-corrected chi connectivity index (χ2v) is 8.31. The molecular weight excluding hydrogens is 386 g/mol. The van der Waals surface area contributed by atoms with Crippen LogP contribution in [0.5, 0.6) is 5.75 Å². The number of para-hydroxylation sites is 1. The standard InChI is InChI=1S/C26H25N3O2/c1-17-10-11-19(22-16-29-14-6-7-18(2)24(29)27-22)15-21(17)28-25(30)26(12-13-26)20-8-4-5-9-23(20)31-3/h4-11,14-16H,12-13H2,1-3H3,(H,28,30). The molecule has 0 spiro atoms. The van der Waals surface area contributed by atoms with Crippen LogP contribution in [0, 0.1) is 13.8 Å². The number of carbonyl (C=O) groups excluding carboxylic acids is 1. The molecule has 2 aromatic carbocycles. The molecule has 0 unspecified atom stereocenters. The van der Waals surface area contributed by atoms with Crippen molar-refractivity contribution in [2.24, 2.45) is 0 Å². The Morgan fingerprint density at radius 1 is 1.06 bits per heavy atom. The Kier molecular flexibility index (Phi) is 4.54. The zero-order valence-corrected chi connectivity index (χ0v) is 18.0. The molecule has 1 fully saturated rings. The Morgan fingerprint density at radius 3 is 2.61 bits per heavy atom. The van der Waals surface area contributed by atoms with Gasteiger partial charge in [0.1, 0.15) is 11.4 Å². The Morgan fingerprint density at radius 2 is 1.87 bits per heavy atom. The maximum atomic E-state index is 13.4. The predicted molar refractivity (Wildman–Crippen MR) is 123 cm³/mol. The Bertz CT molecular complexity index is 1300. The van der Waals surface area contributed by atoms with Crippen LogP contribution < -0.4 is 10.1 Å². The Balaban J connectivity index is 1.47. The van der Waals surface area contributed by atoms with Gasteiger partial charge in [-0.2, -0.15) is 0 Å². The lowest BCUT2D eigenvalue weighted by Gasteiger charge is -2.19. The molecule has 2 aromatic heterocycles. The van der Waals surface area contributed by atoms with Crippen molar-refractivity contribution < 1.29 is 9.53 Å². The number of methoxy groups -OCH3 is 1. The molecule has 1 aliphatic rings. The first-order chi connectivity index (χ1) is 15.0. The van der Waals surface area contributed by atoms with Gasteiger partial charge in [-0.3, -0.25) is 4.79 Å². The number of rotatable bonds is 5. The van der Waals surface area contributed by atoms with Crippen molar-refractivity contribution in [1.82, 2.24) is 9.38 Å². The van der Waals surface area contributed by atoms with Gasteiger partial charge in [0.2, 0.25) is 5.91 Å². The van der Waals surface area contributed by atoms with Crippen LogP contribution in [0.3, 0.4) is 0 Å². The highest BCUT2D eigenvalue weighted by Crippen LogP contribution is 2.52. The second-order valence-electron chi connectivity index (χ2n) is 8.31. The van der Waals surface area contributed by atoms with E-state index < -0.39 is 5.41 Å². The molecule has 0 aliphatic heterocycles. The van der Waals surface area contributed by atoms with E-state index in [-0.39, 0.29) is 5.91 Å². The number of nitrogens with one attached hydrogen (secondary N) is 1. The third-order valence-electron chi connectivity index (χ3n) is 6.27. The van der Waals surface area contributed by atoms with Crippen molar-refractivity contribution in [2.75, 3.05) is 12.4 Å². The molecule has 0 atom stereocenters. The average Bonchev–Trinajstić information content (AvgIpc) is 3.48. The summed E-state index contributed by atoms with van der Waals surface area (Å²) >= 11 is 0. The number of aromatic nitrogens is 2. The molecule has 1 N–H and O–H groups in total. The fraction of sp³-hybridized carbons (Fsp3) is 0.231. The highest BCUT2D eigenvalue weighted by molar-refractivity contribution is 6.02. The van der Waals surface area contributed by atoms with E-state index in [2.05, 4.69) is 24.4 Å². The average molecular weight is 412 g/mol. The van der Waals surface area contributed by atoms with Gasteiger partial charge < -0.3 is 14.5 Å². The molecule has 156 valence electrons. The molecule has 2 heterocycles. The number of fused-ring (bicyclic) bond motifs is 1. The summed E-state index contributed by atoms with van der Waals surface area (Å²) in [5.41, 5.74) is 6.21. The zero-order chi connectivity index (χ0) is 21.6. The van der Waals surface area contributed by atoms with Crippen LogP contribution in [0.2, 0.25) is 0 Å². The SMILES string of the molecule is COc1ccccc1C1(C(=O)Nc2cc(-c3cn4cccc(C)c4n3)ccc2C)CC1. The van der Waals surface area contributed by atoms with E-state index in [1.807, 2.05) is 66.2 Å². The van der Waals surface area contributed by atoms with Crippen LogP contribution in [0.15, 0.2) is 67.0 Å². The lowest BCUT2D eigenvalue weighted by molar-refractivity contribution is -0.118. The van der Waals surface area contributed by atoms with E-state index in [1.54, 1.807) is 7.11 Å². The third kappa shape index (κ3) is 3.26. The van der Waals surface area contributed by atoms with Gasteiger partial charge in [-0.05, 0) is 56.0 Å². The maximum Gasteiger partial charge on any atom is 0.235 e. The van der Waals surface area contributed by atoms with Gasteiger partial charge in [-0.25, -0.2) is 4.98 Å². The molecular formula is C26H25N3O2. The van der Waals surface area contributed by atoms with Crippen LogP contribution in [0.25, 0.3) is 16.9 Å². The fourth-order valence-electron chi connectivity index (χ4n) is 4.23. The lowest BCUT2D eigenvalue weighted by Crippen LogP contribution is -2.28. The summed E-state index contributed by atoms with van der Waals surface area (Å²) in [6.07, 6.45) is 5.67. The minimum atomic E-state index is -0.519. The number of aryl methyl sites for hydroxylation is 2. The predicted octanol–water partition coefficient (Wildman–Crippen LogP) is 5.30. The van der Waals surface area contributed by atoms with Crippen molar-refractivity contribution in [2.45, 2.75) is 32.1 Å².